The van der Waals surface area contributed by atoms with Gasteiger partial charge in [0.05, 0.1) is 11.4 Å². The molecule has 1 heterocycles. The molecule has 0 radical (unpaired) electrons. The van der Waals surface area contributed by atoms with Crippen LogP contribution in [0.2, 0.25) is 0 Å². The van der Waals surface area contributed by atoms with Gasteiger partial charge in [-0.1, -0.05) is 54.6 Å². The standard InChI is InChI=1S/C27H23F2N3O2/c1-16-23(26(33)31-21-14-8-6-12-19(21)28)25(18-10-4-3-5-11-18)24(17(2)30-16)27(34)32-22-15-9-7-13-20(22)29/h3-15,25,30H,1-2H3,(H,31,33)(H,32,34). The maximum atomic E-state index is 14.2. The quantitative estimate of drug-likeness (QED) is 0.473. The average molecular weight is 459 g/mol. The first-order valence-corrected chi connectivity index (χ1v) is 10.7. The van der Waals surface area contributed by atoms with Crippen LogP contribution in [0.25, 0.3) is 0 Å². The minimum absolute atomic E-state index is 0.0308. The van der Waals surface area contributed by atoms with E-state index in [-0.39, 0.29) is 22.5 Å². The molecule has 0 spiro atoms. The molecule has 0 bridgehead atoms. The molecule has 0 aliphatic carbocycles. The fraction of sp³-hybridized carbons (Fsp3) is 0.111. The highest BCUT2D eigenvalue weighted by molar-refractivity contribution is 6.11. The van der Waals surface area contributed by atoms with Gasteiger partial charge in [0, 0.05) is 28.5 Å². The summed E-state index contributed by atoms with van der Waals surface area (Å²) in [5.74, 6) is -3.00. The molecule has 3 N–H and O–H groups in total. The molecule has 0 unspecified atom stereocenters. The van der Waals surface area contributed by atoms with Gasteiger partial charge in [-0.25, -0.2) is 8.78 Å². The predicted octanol–water partition coefficient (Wildman–Crippen LogP) is 5.48. The molecule has 2 amide bonds. The smallest absolute Gasteiger partial charge is 0.254 e. The Morgan fingerprint density at radius 1 is 0.676 bits per heavy atom. The van der Waals surface area contributed by atoms with Crippen LogP contribution in [0.4, 0.5) is 20.2 Å². The SMILES string of the molecule is CC1=C(C(=O)Nc2ccccc2F)C(c2ccccc2)C(C(=O)Nc2ccccc2F)=C(C)N1. The van der Waals surface area contributed by atoms with Crippen molar-refractivity contribution in [2.45, 2.75) is 19.8 Å². The first kappa shape index (κ1) is 22.9. The van der Waals surface area contributed by atoms with E-state index in [4.69, 9.17) is 0 Å². The minimum Gasteiger partial charge on any atom is -0.362 e. The summed E-state index contributed by atoms with van der Waals surface area (Å²) >= 11 is 0. The summed E-state index contributed by atoms with van der Waals surface area (Å²) in [5.41, 5.74) is 2.34. The zero-order chi connectivity index (χ0) is 24.2. The number of nitrogens with one attached hydrogen (secondary N) is 3. The van der Waals surface area contributed by atoms with E-state index in [2.05, 4.69) is 16.0 Å². The largest absolute Gasteiger partial charge is 0.362 e. The van der Waals surface area contributed by atoms with Crippen molar-refractivity contribution in [3.63, 3.8) is 0 Å². The van der Waals surface area contributed by atoms with Gasteiger partial charge in [-0.3, -0.25) is 9.59 Å². The summed E-state index contributed by atoms with van der Waals surface area (Å²) in [6.07, 6.45) is 0. The van der Waals surface area contributed by atoms with Crippen molar-refractivity contribution in [2.24, 2.45) is 0 Å². The molecular weight excluding hydrogens is 436 g/mol. The highest BCUT2D eigenvalue weighted by Crippen LogP contribution is 2.39. The number of dihydropyridines is 1. The van der Waals surface area contributed by atoms with Crippen LogP contribution in [0, 0.1) is 11.6 Å². The molecule has 1 aliphatic rings. The number of anilines is 2. The third-order valence-corrected chi connectivity index (χ3v) is 5.63. The fourth-order valence-corrected chi connectivity index (χ4v) is 4.08. The molecule has 3 aromatic carbocycles. The molecule has 0 aromatic heterocycles. The molecule has 4 rings (SSSR count). The highest BCUT2D eigenvalue weighted by Gasteiger charge is 2.36. The first-order chi connectivity index (χ1) is 16.4. The number of allylic oxidation sites excluding steroid dienone is 2. The number of halogens is 2. The Labute approximate surface area is 196 Å². The Hall–Kier alpha value is -4.26. The van der Waals surface area contributed by atoms with E-state index >= 15 is 0 Å². The van der Waals surface area contributed by atoms with Crippen molar-refractivity contribution in [3.05, 3.63) is 119 Å². The van der Waals surface area contributed by atoms with Crippen molar-refractivity contribution in [1.29, 1.82) is 0 Å². The van der Waals surface area contributed by atoms with Crippen LogP contribution in [-0.4, -0.2) is 11.8 Å². The van der Waals surface area contributed by atoms with Gasteiger partial charge in [-0.15, -0.1) is 0 Å². The van der Waals surface area contributed by atoms with Crippen molar-refractivity contribution in [3.8, 4) is 0 Å². The van der Waals surface area contributed by atoms with E-state index < -0.39 is 29.4 Å². The summed E-state index contributed by atoms with van der Waals surface area (Å²) in [4.78, 5) is 26.8. The van der Waals surface area contributed by atoms with E-state index in [0.717, 1.165) is 0 Å². The van der Waals surface area contributed by atoms with E-state index in [1.165, 1.54) is 36.4 Å². The summed E-state index contributed by atoms with van der Waals surface area (Å²) < 4.78 is 28.5. The van der Waals surface area contributed by atoms with Crippen LogP contribution in [-0.2, 0) is 9.59 Å². The summed E-state index contributed by atoms with van der Waals surface area (Å²) in [7, 11) is 0. The lowest BCUT2D eigenvalue weighted by Crippen LogP contribution is -2.35. The number of benzene rings is 3. The molecule has 0 saturated carbocycles. The second-order valence-electron chi connectivity index (χ2n) is 7.91. The zero-order valence-corrected chi connectivity index (χ0v) is 18.7. The molecule has 7 heteroatoms. The van der Waals surface area contributed by atoms with Gasteiger partial charge in [0.2, 0.25) is 0 Å². The molecule has 1 aliphatic heterocycles. The van der Waals surface area contributed by atoms with Gasteiger partial charge in [0.15, 0.2) is 0 Å². The van der Waals surface area contributed by atoms with E-state index in [9.17, 15) is 18.4 Å². The second kappa shape index (κ2) is 9.70. The Balaban J connectivity index is 1.76. The predicted molar refractivity (Wildman–Crippen MR) is 128 cm³/mol. The Morgan fingerprint density at radius 2 is 1.09 bits per heavy atom. The average Bonchev–Trinajstić information content (AvgIpc) is 2.82. The highest BCUT2D eigenvalue weighted by atomic mass is 19.1. The van der Waals surface area contributed by atoms with Gasteiger partial charge in [-0.2, -0.15) is 0 Å². The van der Waals surface area contributed by atoms with Crippen LogP contribution in [0.1, 0.15) is 25.3 Å². The number of hydrogen-bond acceptors (Lipinski definition) is 3. The fourth-order valence-electron chi connectivity index (χ4n) is 4.08. The van der Waals surface area contributed by atoms with E-state index in [1.807, 2.05) is 18.2 Å². The molecule has 34 heavy (non-hydrogen) atoms. The number of amides is 2. The number of hydrogen-bond donors (Lipinski definition) is 3. The van der Waals surface area contributed by atoms with Gasteiger partial charge in [0.25, 0.3) is 11.8 Å². The molecule has 0 atom stereocenters. The topological polar surface area (TPSA) is 70.2 Å². The maximum Gasteiger partial charge on any atom is 0.254 e. The van der Waals surface area contributed by atoms with Crippen molar-refractivity contribution < 1.29 is 18.4 Å². The molecule has 3 aromatic rings. The maximum absolute atomic E-state index is 14.2. The van der Waals surface area contributed by atoms with Gasteiger partial charge >= 0.3 is 0 Å². The lowest BCUT2D eigenvalue weighted by atomic mass is 9.79. The van der Waals surface area contributed by atoms with E-state index in [0.29, 0.717) is 17.0 Å². The normalized spacial score (nSPS) is 14.0. The molecular formula is C27H23F2N3O2. The lowest BCUT2D eigenvalue weighted by molar-refractivity contribution is -0.113. The Morgan fingerprint density at radius 3 is 1.53 bits per heavy atom. The molecule has 172 valence electrons. The summed E-state index contributed by atoms with van der Waals surface area (Å²) in [6, 6.07) is 20.8. The third-order valence-electron chi connectivity index (χ3n) is 5.63. The summed E-state index contributed by atoms with van der Waals surface area (Å²) in [6.45, 7) is 3.45. The van der Waals surface area contributed by atoms with Gasteiger partial charge < -0.3 is 16.0 Å². The van der Waals surface area contributed by atoms with Crippen molar-refractivity contribution in [2.75, 3.05) is 10.6 Å². The molecule has 0 saturated heterocycles. The third kappa shape index (κ3) is 4.59. The molecule has 5 nitrogen and oxygen atoms in total. The number of carbonyl (C=O) groups excluding carboxylic acids is 2. The Bertz CT molecular complexity index is 1230. The van der Waals surface area contributed by atoms with Crippen LogP contribution in [0.3, 0.4) is 0 Å². The molecule has 0 fully saturated rings. The van der Waals surface area contributed by atoms with E-state index in [1.54, 1.807) is 38.1 Å². The van der Waals surface area contributed by atoms with Crippen LogP contribution < -0.4 is 16.0 Å². The van der Waals surface area contributed by atoms with Crippen molar-refractivity contribution in [1.82, 2.24) is 5.32 Å². The number of rotatable bonds is 5. The van der Waals surface area contributed by atoms with Gasteiger partial charge in [0.1, 0.15) is 11.6 Å². The number of para-hydroxylation sites is 2. The van der Waals surface area contributed by atoms with Gasteiger partial charge in [-0.05, 0) is 43.7 Å². The lowest BCUT2D eigenvalue weighted by Gasteiger charge is -2.31. The minimum atomic E-state index is -0.763. The Kier molecular flexibility index (Phi) is 6.54. The zero-order valence-electron chi connectivity index (χ0n) is 18.7. The second-order valence-corrected chi connectivity index (χ2v) is 7.91. The number of carbonyl (C=O) groups is 2. The monoisotopic (exact) mass is 459 g/mol. The van der Waals surface area contributed by atoms with Crippen LogP contribution in [0.15, 0.2) is 101 Å². The van der Waals surface area contributed by atoms with Crippen LogP contribution in [0.5, 0.6) is 0 Å². The summed E-state index contributed by atoms with van der Waals surface area (Å²) in [5, 5.41) is 8.33. The van der Waals surface area contributed by atoms with Crippen LogP contribution >= 0.6 is 0 Å². The van der Waals surface area contributed by atoms with Crippen molar-refractivity contribution >= 4 is 23.2 Å². The first-order valence-electron chi connectivity index (χ1n) is 10.7.